The minimum absolute atomic E-state index is 0.0858. The summed E-state index contributed by atoms with van der Waals surface area (Å²) in [5.74, 6) is -0.995. The Labute approximate surface area is 180 Å². The highest BCUT2D eigenvalue weighted by Gasteiger charge is 2.24. The van der Waals surface area contributed by atoms with Crippen molar-refractivity contribution < 1.29 is 18.0 Å². The molecule has 0 unspecified atom stereocenters. The van der Waals surface area contributed by atoms with Crippen molar-refractivity contribution >= 4 is 56.4 Å². The van der Waals surface area contributed by atoms with Gasteiger partial charge in [-0.2, -0.15) is 0 Å². The van der Waals surface area contributed by atoms with Gasteiger partial charge in [-0.15, -0.1) is 0 Å². The summed E-state index contributed by atoms with van der Waals surface area (Å²) in [5, 5.41) is 5.74. The zero-order valence-electron chi connectivity index (χ0n) is 16.1. The van der Waals surface area contributed by atoms with E-state index in [9.17, 15) is 18.0 Å². The van der Waals surface area contributed by atoms with Crippen molar-refractivity contribution in [3.05, 3.63) is 58.1 Å². The van der Waals surface area contributed by atoms with E-state index in [1.807, 2.05) is 13.8 Å². The predicted molar refractivity (Wildman–Crippen MR) is 116 cm³/mol. The van der Waals surface area contributed by atoms with E-state index in [-0.39, 0.29) is 38.9 Å². The van der Waals surface area contributed by atoms with E-state index in [1.54, 1.807) is 24.3 Å². The van der Waals surface area contributed by atoms with Gasteiger partial charge in [0.2, 0.25) is 15.9 Å². The highest BCUT2D eigenvalue weighted by molar-refractivity contribution is 7.92. The van der Waals surface area contributed by atoms with Crippen LogP contribution in [0, 0.1) is 0 Å². The van der Waals surface area contributed by atoms with Crippen LogP contribution >= 0.6 is 23.2 Å². The molecule has 0 heterocycles. The van der Waals surface area contributed by atoms with Crippen LogP contribution in [-0.2, 0) is 14.8 Å². The number of halogens is 2. The molecule has 0 spiro atoms. The second kappa shape index (κ2) is 9.47. The van der Waals surface area contributed by atoms with Crippen LogP contribution in [0.25, 0.3) is 0 Å². The van der Waals surface area contributed by atoms with Gasteiger partial charge >= 0.3 is 0 Å². The molecule has 29 heavy (non-hydrogen) atoms. The third kappa shape index (κ3) is 6.35. The number of anilines is 2. The van der Waals surface area contributed by atoms with Gasteiger partial charge in [0.05, 0.1) is 28.2 Å². The molecule has 0 aliphatic rings. The smallest absolute Gasteiger partial charge is 0.253 e. The number of benzene rings is 2. The molecule has 7 nitrogen and oxygen atoms in total. The van der Waals surface area contributed by atoms with Crippen LogP contribution in [-0.4, -0.2) is 39.1 Å². The molecule has 2 N–H and O–H groups in total. The first-order valence-corrected chi connectivity index (χ1v) is 11.2. The maximum Gasteiger partial charge on any atom is 0.253 e. The van der Waals surface area contributed by atoms with Gasteiger partial charge in [-0.1, -0.05) is 35.3 Å². The largest absolute Gasteiger partial charge is 0.350 e. The molecule has 156 valence electrons. The van der Waals surface area contributed by atoms with Crippen LogP contribution in [0.3, 0.4) is 0 Å². The molecule has 0 aromatic heterocycles. The summed E-state index contributed by atoms with van der Waals surface area (Å²) in [6.07, 6.45) is 0.960. The van der Waals surface area contributed by atoms with E-state index in [1.165, 1.54) is 18.2 Å². The first kappa shape index (κ1) is 23.0. The maximum absolute atomic E-state index is 12.6. The summed E-state index contributed by atoms with van der Waals surface area (Å²) >= 11 is 12.1. The highest BCUT2D eigenvalue weighted by atomic mass is 35.5. The van der Waals surface area contributed by atoms with Gasteiger partial charge in [0, 0.05) is 11.1 Å². The van der Waals surface area contributed by atoms with Crippen LogP contribution in [0.15, 0.2) is 42.5 Å². The van der Waals surface area contributed by atoms with E-state index in [0.717, 1.165) is 10.6 Å². The monoisotopic (exact) mass is 457 g/mol. The average Bonchev–Trinajstić information content (AvgIpc) is 2.61. The quantitative estimate of drug-likeness (QED) is 0.664. The van der Waals surface area contributed by atoms with E-state index < -0.39 is 22.5 Å². The Bertz CT molecular complexity index is 1030. The molecule has 0 fully saturated rings. The lowest BCUT2D eigenvalue weighted by atomic mass is 10.1. The van der Waals surface area contributed by atoms with Crippen molar-refractivity contribution in [1.29, 1.82) is 0 Å². The summed E-state index contributed by atoms with van der Waals surface area (Å²) in [6, 6.07) is 10.7. The van der Waals surface area contributed by atoms with Crippen molar-refractivity contribution in [3.8, 4) is 0 Å². The summed E-state index contributed by atoms with van der Waals surface area (Å²) in [4.78, 5) is 25.0. The Morgan fingerprint density at radius 3 is 2.38 bits per heavy atom. The number of hydrogen-bond donors (Lipinski definition) is 2. The molecule has 0 saturated carbocycles. The van der Waals surface area contributed by atoms with Gasteiger partial charge in [-0.3, -0.25) is 13.9 Å². The fourth-order valence-electron chi connectivity index (χ4n) is 2.51. The van der Waals surface area contributed by atoms with Crippen molar-refractivity contribution in [1.82, 2.24) is 5.32 Å². The number of amides is 2. The van der Waals surface area contributed by atoms with Crippen LogP contribution in [0.5, 0.6) is 0 Å². The van der Waals surface area contributed by atoms with Gasteiger partial charge in [0.1, 0.15) is 6.54 Å². The first-order valence-electron chi connectivity index (χ1n) is 8.61. The number of para-hydroxylation sites is 1. The van der Waals surface area contributed by atoms with Crippen LogP contribution in [0.1, 0.15) is 24.2 Å². The summed E-state index contributed by atoms with van der Waals surface area (Å²) < 4.78 is 25.4. The minimum atomic E-state index is -3.84. The average molecular weight is 458 g/mol. The van der Waals surface area contributed by atoms with Crippen LogP contribution in [0.2, 0.25) is 10.0 Å². The Kier molecular flexibility index (Phi) is 7.51. The van der Waals surface area contributed by atoms with Gasteiger partial charge in [-0.25, -0.2) is 8.42 Å². The molecule has 0 aliphatic carbocycles. The Hall–Kier alpha value is -2.29. The summed E-state index contributed by atoms with van der Waals surface area (Å²) in [5.41, 5.74) is 0.616. The van der Waals surface area contributed by atoms with Gasteiger partial charge < -0.3 is 10.6 Å². The number of sulfonamides is 1. The molecule has 0 bridgehead atoms. The second-order valence-corrected chi connectivity index (χ2v) is 9.34. The fraction of sp³-hybridized carbons (Fsp3) is 0.263. The minimum Gasteiger partial charge on any atom is -0.350 e. The molecule has 2 aromatic rings. The number of rotatable bonds is 7. The molecule has 0 saturated heterocycles. The fourth-order valence-corrected chi connectivity index (χ4v) is 3.80. The van der Waals surface area contributed by atoms with Gasteiger partial charge in [0.25, 0.3) is 5.91 Å². The lowest BCUT2D eigenvalue weighted by Crippen LogP contribution is -2.38. The molecule has 2 rings (SSSR count). The Balaban J connectivity index is 2.29. The molecule has 0 aliphatic heterocycles. The first-order chi connectivity index (χ1) is 13.5. The van der Waals surface area contributed by atoms with Gasteiger partial charge in [0.15, 0.2) is 0 Å². The maximum atomic E-state index is 12.6. The topological polar surface area (TPSA) is 95.6 Å². The van der Waals surface area contributed by atoms with E-state index in [4.69, 9.17) is 23.2 Å². The Morgan fingerprint density at radius 2 is 1.76 bits per heavy atom. The third-order valence-corrected chi connectivity index (χ3v) is 5.41. The zero-order chi connectivity index (χ0) is 21.8. The molecular weight excluding hydrogens is 437 g/mol. The van der Waals surface area contributed by atoms with Crippen LogP contribution in [0.4, 0.5) is 11.4 Å². The number of carbonyl (C=O) groups excluding carboxylic acids is 2. The lowest BCUT2D eigenvalue weighted by Gasteiger charge is -2.23. The SMILES string of the molecule is CC(C)NC(=O)c1ccccc1NC(=O)CN(c1cc(Cl)ccc1Cl)S(C)(=O)=O. The van der Waals surface area contributed by atoms with E-state index in [2.05, 4.69) is 10.6 Å². The number of nitrogens with one attached hydrogen (secondary N) is 2. The second-order valence-electron chi connectivity index (χ2n) is 6.59. The van der Waals surface area contributed by atoms with Gasteiger partial charge in [-0.05, 0) is 44.2 Å². The third-order valence-electron chi connectivity index (χ3n) is 3.73. The standard InChI is InChI=1S/C19H21Cl2N3O4S/c1-12(2)22-19(26)14-6-4-5-7-16(14)23-18(25)11-24(29(3,27)28)17-10-13(20)8-9-15(17)21/h4-10,12H,11H2,1-3H3,(H,22,26)(H,23,25). The van der Waals surface area contributed by atoms with Crippen molar-refractivity contribution in [2.75, 3.05) is 22.4 Å². The zero-order valence-corrected chi connectivity index (χ0v) is 18.4. The lowest BCUT2D eigenvalue weighted by molar-refractivity contribution is -0.114. The number of hydrogen-bond acceptors (Lipinski definition) is 4. The molecular formula is C19H21Cl2N3O4S. The Morgan fingerprint density at radius 1 is 1.10 bits per heavy atom. The number of nitrogens with zero attached hydrogens (tertiary/aromatic N) is 1. The molecule has 2 aromatic carbocycles. The highest BCUT2D eigenvalue weighted by Crippen LogP contribution is 2.30. The molecule has 2 amide bonds. The van der Waals surface area contributed by atoms with E-state index >= 15 is 0 Å². The normalized spacial score (nSPS) is 11.2. The summed E-state index contributed by atoms with van der Waals surface area (Å²) in [6.45, 7) is 3.09. The van der Waals surface area contributed by atoms with E-state index in [0.29, 0.717) is 0 Å². The summed E-state index contributed by atoms with van der Waals surface area (Å²) in [7, 11) is -3.84. The van der Waals surface area contributed by atoms with Crippen LogP contribution < -0.4 is 14.9 Å². The number of carbonyl (C=O) groups is 2. The molecule has 0 atom stereocenters. The van der Waals surface area contributed by atoms with Crippen molar-refractivity contribution in [3.63, 3.8) is 0 Å². The predicted octanol–water partition coefficient (Wildman–Crippen LogP) is 3.54. The molecule has 0 radical (unpaired) electrons. The van der Waals surface area contributed by atoms with Crippen molar-refractivity contribution in [2.24, 2.45) is 0 Å². The van der Waals surface area contributed by atoms with Crippen molar-refractivity contribution in [2.45, 2.75) is 19.9 Å². The molecule has 10 heteroatoms.